The summed E-state index contributed by atoms with van der Waals surface area (Å²) >= 11 is 0. The largest absolute Gasteiger partial charge is 0.309 e. The Kier molecular flexibility index (Phi) is 3.80. The summed E-state index contributed by atoms with van der Waals surface area (Å²) in [6, 6.07) is 3.94. The second-order valence-electron chi connectivity index (χ2n) is 4.90. The minimum absolute atomic E-state index is 0.119. The van der Waals surface area contributed by atoms with E-state index in [2.05, 4.69) is 0 Å². The third kappa shape index (κ3) is 2.53. The van der Waals surface area contributed by atoms with E-state index in [1.807, 2.05) is 19.0 Å². The van der Waals surface area contributed by atoms with Crippen molar-refractivity contribution >= 4 is 23.1 Å². The number of ketones is 1. The maximum Gasteiger partial charge on any atom is 0.299 e. The van der Waals surface area contributed by atoms with Gasteiger partial charge in [0.1, 0.15) is 0 Å². The topological polar surface area (TPSA) is 83.8 Å². The number of anilines is 1. The summed E-state index contributed by atoms with van der Waals surface area (Å²) in [5.74, 6) is -1.28. The summed E-state index contributed by atoms with van der Waals surface area (Å²) in [7, 11) is 3.85. The second kappa shape index (κ2) is 5.38. The molecule has 0 unspecified atom stereocenters. The van der Waals surface area contributed by atoms with Crippen LogP contribution in [0.2, 0.25) is 0 Å². The van der Waals surface area contributed by atoms with Crippen molar-refractivity contribution < 1.29 is 14.5 Å². The Morgan fingerprint density at radius 2 is 2.00 bits per heavy atom. The van der Waals surface area contributed by atoms with Gasteiger partial charge in [-0.25, -0.2) is 0 Å². The normalized spacial score (nSPS) is 14.1. The number of nitrogens with zero attached hydrogens (tertiary/aromatic N) is 3. The Balaban J connectivity index is 2.24. The molecule has 0 N–H and O–H groups in total. The molecule has 0 radical (unpaired) electrons. The lowest BCUT2D eigenvalue weighted by atomic mass is 10.1. The summed E-state index contributed by atoms with van der Waals surface area (Å²) < 4.78 is 0. The van der Waals surface area contributed by atoms with Crippen molar-refractivity contribution in [2.45, 2.75) is 6.42 Å². The van der Waals surface area contributed by atoms with Gasteiger partial charge in [0.25, 0.3) is 17.4 Å². The van der Waals surface area contributed by atoms with Crippen LogP contribution in [0.25, 0.3) is 0 Å². The van der Waals surface area contributed by atoms with Crippen molar-refractivity contribution in [2.24, 2.45) is 0 Å². The number of benzene rings is 1. The lowest BCUT2D eigenvalue weighted by Crippen LogP contribution is -2.32. The van der Waals surface area contributed by atoms with Crippen LogP contribution in [0.4, 0.5) is 11.4 Å². The van der Waals surface area contributed by atoms with Gasteiger partial charge in [0, 0.05) is 18.7 Å². The number of hydrogen-bond acceptors (Lipinski definition) is 5. The van der Waals surface area contributed by atoms with Crippen LogP contribution in [-0.2, 0) is 4.79 Å². The fourth-order valence-electron chi connectivity index (χ4n) is 2.17. The van der Waals surface area contributed by atoms with Gasteiger partial charge in [-0.2, -0.15) is 0 Å². The number of amides is 1. The summed E-state index contributed by atoms with van der Waals surface area (Å²) in [4.78, 5) is 37.3. The summed E-state index contributed by atoms with van der Waals surface area (Å²) in [5.41, 5.74) is 0.401. The number of nitro benzene ring substituents is 1. The van der Waals surface area contributed by atoms with Gasteiger partial charge in [-0.1, -0.05) is 0 Å². The molecule has 0 saturated carbocycles. The van der Waals surface area contributed by atoms with Crippen molar-refractivity contribution in [1.82, 2.24) is 4.90 Å². The third-order valence-corrected chi connectivity index (χ3v) is 3.15. The van der Waals surface area contributed by atoms with Crippen LogP contribution >= 0.6 is 0 Å². The van der Waals surface area contributed by atoms with Gasteiger partial charge in [-0.15, -0.1) is 0 Å². The van der Waals surface area contributed by atoms with E-state index in [9.17, 15) is 19.7 Å². The van der Waals surface area contributed by atoms with E-state index in [-0.39, 0.29) is 11.3 Å². The van der Waals surface area contributed by atoms with Gasteiger partial charge in [0.05, 0.1) is 16.2 Å². The van der Waals surface area contributed by atoms with E-state index in [0.29, 0.717) is 12.2 Å². The molecular weight excluding hydrogens is 262 g/mol. The van der Waals surface area contributed by atoms with Gasteiger partial charge in [0.15, 0.2) is 0 Å². The molecule has 106 valence electrons. The standard InChI is InChI=1S/C13H15N3O4/c1-14(2)6-3-7-15-11-5-4-9(16(19)20)8-10(11)12(17)13(15)18/h4-5,8H,3,6-7H2,1-2H3. The van der Waals surface area contributed by atoms with Crippen molar-refractivity contribution in [2.75, 3.05) is 32.1 Å². The van der Waals surface area contributed by atoms with Crippen LogP contribution in [0.1, 0.15) is 16.8 Å². The Morgan fingerprint density at radius 1 is 1.30 bits per heavy atom. The number of nitro groups is 1. The average molecular weight is 277 g/mol. The number of Topliss-reactive ketones (excluding diaryl/α,β-unsaturated/α-hetero) is 1. The lowest BCUT2D eigenvalue weighted by Gasteiger charge is -2.17. The molecule has 0 fully saturated rings. The van der Waals surface area contributed by atoms with Crippen molar-refractivity contribution in [1.29, 1.82) is 0 Å². The maximum atomic E-state index is 11.9. The fraction of sp³-hybridized carbons (Fsp3) is 0.385. The van der Waals surface area contributed by atoms with Crippen molar-refractivity contribution in [3.63, 3.8) is 0 Å². The van der Waals surface area contributed by atoms with E-state index >= 15 is 0 Å². The van der Waals surface area contributed by atoms with Gasteiger partial charge in [-0.3, -0.25) is 19.7 Å². The molecule has 0 aliphatic carbocycles. The molecule has 0 saturated heterocycles. The zero-order valence-electron chi connectivity index (χ0n) is 11.3. The minimum Gasteiger partial charge on any atom is -0.309 e. The first-order valence-corrected chi connectivity index (χ1v) is 6.21. The molecule has 20 heavy (non-hydrogen) atoms. The predicted octanol–water partition coefficient (Wildman–Crippen LogP) is 1.08. The number of carbonyl (C=O) groups excluding carboxylic acids is 2. The SMILES string of the molecule is CN(C)CCCN1C(=O)C(=O)c2cc([N+](=O)[O-])ccc21. The Labute approximate surface area is 115 Å². The quantitative estimate of drug-likeness (QED) is 0.457. The first-order valence-electron chi connectivity index (χ1n) is 6.21. The molecule has 1 aromatic rings. The zero-order valence-corrected chi connectivity index (χ0v) is 11.3. The molecule has 0 bridgehead atoms. The van der Waals surface area contributed by atoms with Crippen molar-refractivity contribution in [3.8, 4) is 0 Å². The number of carbonyl (C=O) groups is 2. The van der Waals surface area contributed by atoms with Crippen LogP contribution in [0, 0.1) is 10.1 Å². The highest BCUT2D eigenvalue weighted by molar-refractivity contribution is 6.52. The molecular formula is C13H15N3O4. The summed E-state index contributed by atoms with van der Waals surface area (Å²) in [5, 5.41) is 10.7. The molecule has 1 aromatic carbocycles. The third-order valence-electron chi connectivity index (χ3n) is 3.15. The second-order valence-corrected chi connectivity index (χ2v) is 4.90. The molecule has 0 aromatic heterocycles. The Hall–Kier alpha value is -2.28. The Bertz CT molecular complexity index is 583. The number of non-ortho nitro benzene ring substituents is 1. The number of rotatable bonds is 5. The molecule has 1 heterocycles. The molecule has 2 rings (SSSR count). The molecule has 0 spiro atoms. The van der Waals surface area contributed by atoms with Crippen LogP contribution in [-0.4, -0.2) is 48.7 Å². The van der Waals surface area contributed by atoms with Crippen LogP contribution in [0.3, 0.4) is 0 Å². The highest BCUT2D eigenvalue weighted by atomic mass is 16.6. The summed E-state index contributed by atoms with van der Waals surface area (Å²) in [6.07, 6.45) is 0.725. The van der Waals surface area contributed by atoms with E-state index in [4.69, 9.17) is 0 Å². The average Bonchev–Trinajstić information content (AvgIpc) is 2.63. The minimum atomic E-state index is -0.673. The maximum absolute atomic E-state index is 11.9. The predicted molar refractivity (Wildman–Crippen MR) is 73.0 cm³/mol. The van der Waals surface area contributed by atoms with E-state index in [0.717, 1.165) is 13.0 Å². The van der Waals surface area contributed by atoms with Gasteiger partial charge in [0.2, 0.25) is 0 Å². The molecule has 1 aliphatic rings. The van der Waals surface area contributed by atoms with Gasteiger partial charge >= 0.3 is 0 Å². The monoisotopic (exact) mass is 277 g/mol. The van der Waals surface area contributed by atoms with Gasteiger partial charge in [-0.05, 0) is 33.1 Å². The van der Waals surface area contributed by atoms with Crippen LogP contribution < -0.4 is 4.90 Å². The number of fused-ring (bicyclic) bond motifs is 1. The van der Waals surface area contributed by atoms with E-state index in [1.54, 1.807) is 0 Å². The molecule has 0 atom stereocenters. The van der Waals surface area contributed by atoms with E-state index in [1.165, 1.54) is 23.1 Å². The van der Waals surface area contributed by atoms with E-state index < -0.39 is 16.6 Å². The fourth-order valence-corrected chi connectivity index (χ4v) is 2.17. The zero-order chi connectivity index (χ0) is 14.9. The van der Waals surface area contributed by atoms with Crippen LogP contribution in [0.5, 0.6) is 0 Å². The van der Waals surface area contributed by atoms with Gasteiger partial charge < -0.3 is 9.80 Å². The summed E-state index contributed by atoms with van der Waals surface area (Å²) in [6.45, 7) is 1.22. The first kappa shape index (κ1) is 14.1. The number of hydrogen-bond donors (Lipinski definition) is 0. The lowest BCUT2D eigenvalue weighted by molar-refractivity contribution is -0.384. The molecule has 1 aliphatic heterocycles. The highest BCUT2D eigenvalue weighted by Crippen LogP contribution is 2.31. The molecule has 7 heteroatoms. The molecule has 1 amide bonds. The molecule has 7 nitrogen and oxygen atoms in total. The Morgan fingerprint density at radius 3 is 2.60 bits per heavy atom. The first-order chi connectivity index (χ1) is 9.41. The van der Waals surface area contributed by atoms with Crippen molar-refractivity contribution in [3.05, 3.63) is 33.9 Å². The smallest absolute Gasteiger partial charge is 0.299 e. The highest BCUT2D eigenvalue weighted by Gasteiger charge is 2.36. The van der Waals surface area contributed by atoms with Crippen LogP contribution in [0.15, 0.2) is 18.2 Å².